The molecular formula is C19H21NO4S. The highest BCUT2D eigenvalue weighted by atomic mass is 32.2. The largest absolute Gasteiger partial charge is 0.497 e. The highest BCUT2D eigenvalue weighted by Gasteiger charge is 2.31. The van der Waals surface area contributed by atoms with Gasteiger partial charge in [0.2, 0.25) is 0 Å². The Morgan fingerprint density at radius 2 is 1.96 bits per heavy atom. The number of Topliss-reactive ketones (excluding diaryl/α,β-unsaturated/α-hetero) is 1. The zero-order valence-corrected chi connectivity index (χ0v) is 15.4. The molecule has 1 aromatic heterocycles. The van der Waals surface area contributed by atoms with Crippen molar-refractivity contribution in [2.75, 3.05) is 19.5 Å². The Morgan fingerprint density at radius 3 is 2.60 bits per heavy atom. The summed E-state index contributed by atoms with van der Waals surface area (Å²) >= 11 is 1.58. The lowest BCUT2D eigenvalue weighted by atomic mass is 10.1. The van der Waals surface area contributed by atoms with Crippen molar-refractivity contribution in [1.82, 2.24) is 4.57 Å². The third-order valence-electron chi connectivity index (χ3n) is 4.33. The summed E-state index contributed by atoms with van der Waals surface area (Å²) in [6, 6.07) is 7.71. The predicted octanol–water partition coefficient (Wildman–Crippen LogP) is 3.46. The summed E-state index contributed by atoms with van der Waals surface area (Å²) in [6.07, 6.45) is 0. The van der Waals surface area contributed by atoms with E-state index in [1.807, 2.05) is 35.8 Å². The molecule has 1 aromatic carbocycles. The van der Waals surface area contributed by atoms with Crippen LogP contribution in [0.2, 0.25) is 0 Å². The molecule has 0 atom stereocenters. The molecule has 0 unspecified atom stereocenters. The van der Waals surface area contributed by atoms with Crippen molar-refractivity contribution in [3.05, 3.63) is 52.3 Å². The number of nitrogens with zero attached hydrogens (tertiary/aromatic N) is 1. The maximum absolute atomic E-state index is 12.5. The van der Waals surface area contributed by atoms with Crippen molar-refractivity contribution in [3.63, 3.8) is 0 Å². The summed E-state index contributed by atoms with van der Waals surface area (Å²) < 4.78 is 12.4. The van der Waals surface area contributed by atoms with Crippen LogP contribution in [0.1, 0.15) is 44.6 Å². The minimum Gasteiger partial charge on any atom is -0.497 e. The van der Waals surface area contributed by atoms with Gasteiger partial charge in [0.25, 0.3) is 0 Å². The lowest BCUT2D eigenvalue weighted by Crippen LogP contribution is -2.17. The van der Waals surface area contributed by atoms with Crippen molar-refractivity contribution in [3.8, 4) is 5.75 Å². The molecule has 1 aliphatic heterocycles. The van der Waals surface area contributed by atoms with Gasteiger partial charge < -0.3 is 14.0 Å². The molecule has 0 N–H and O–H groups in total. The lowest BCUT2D eigenvalue weighted by molar-refractivity contribution is 0.0513. The third-order valence-corrected chi connectivity index (χ3v) is 5.28. The monoisotopic (exact) mass is 359 g/mol. The van der Waals surface area contributed by atoms with Gasteiger partial charge in [0, 0.05) is 23.6 Å². The molecule has 132 valence electrons. The van der Waals surface area contributed by atoms with Crippen molar-refractivity contribution in [2.24, 2.45) is 0 Å². The summed E-state index contributed by atoms with van der Waals surface area (Å²) in [5.74, 6) is 1.68. The van der Waals surface area contributed by atoms with E-state index in [4.69, 9.17) is 9.47 Å². The fourth-order valence-corrected chi connectivity index (χ4v) is 4.12. The molecule has 0 fully saturated rings. The maximum Gasteiger partial charge on any atom is 0.355 e. The van der Waals surface area contributed by atoms with E-state index in [-0.39, 0.29) is 11.8 Å². The Bertz CT molecular complexity index is 808. The van der Waals surface area contributed by atoms with E-state index in [0.717, 1.165) is 28.3 Å². The molecule has 1 aliphatic rings. The van der Waals surface area contributed by atoms with Gasteiger partial charge in [-0.15, -0.1) is 11.8 Å². The van der Waals surface area contributed by atoms with Crippen molar-refractivity contribution < 1.29 is 19.1 Å². The first kappa shape index (κ1) is 17.6. The Kier molecular flexibility index (Phi) is 5.18. The second-order valence-electron chi connectivity index (χ2n) is 5.87. The van der Waals surface area contributed by atoms with Crippen LogP contribution in [0.5, 0.6) is 5.75 Å². The van der Waals surface area contributed by atoms with Gasteiger partial charge in [-0.1, -0.05) is 12.1 Å². The number of aromatic nitrogens is 1. The highest BCUT2D eigenvalue weighted by molar-refractivity contribution is 7.99. The van der Waals surface area contributed by atoms with Gasteiger partial charge in [0.1, 0.15) is 11.4 Å². The van der Waals surface area contributed by atoms with Gasteiger partial charge in [-0.25, -0.2) is 4.79 Å². The summed E-state index contributed by atoms with van der Waals surface area (Å²) in [4.78, 5) is 24.9. The predicted molar refractivity (Wildman–Crippen MR) is 97.7 cm³/mol. The van der Waals surface area contributed by atoms with Crippen LogP contribution in [-0.2, 0) is 17.0 Å². The van der Waals surface area contributed by atoms with Gasteiger partial charge in [0.05, 0.1) is 19.5 Å². The number of carbonyl (C=O) groups is 2. The topological polar surface area (TPSA) is 57.5 Å². The van der Waals surface area contributed by atoms with Crippen LogP contribution in [0.15, 0.2) is 24.3 Å². The van der Waals surface area contributed by atoms with Gasteiger partial charge in [-0.05, 0) is 37.1 Å². The summed E-state index contributed by atoms with van der Waals surface area (Å²) in [5.41, 5.74) is 3.85. The first-order chi connectivity index (χ1) is 12.1. The second kappa shape index (κ2) is 7.35. The SMILES string of the molecule is CCOC(=O)c1c(C)c2c(n1Cc1ccc(OC)cc1)CSCC2=O. The van der Waals surface area contributed by atoms with Crippen LogP contribution in [0.4, 0.5) is 0 Å². The van der Waals surface area contributed by atoms with Gasteiger partial charge in [-0.2, -0.15) is 0 Å². The minimum atomic E-state index is -0.374. The van der Waals surface area contributed by atoms with E-state index in [2.05, 4.69) is 0 Å². The number of fused-ring (bicyclic) bond motifs is 1. The zero-order valence-electron chi connectivity index (χ0n) is 14.6. The van der Waals surface area contributed by atoms with E-state index >= 15 is 0 Å². The fourth-order valence-electron chi connectivity index (χ4n) is 3.19. The average Bonchev–Trinajstić information content (AvgIpc) is 2.89. The Morgan fingerprint density at radius 1 is 1.24 bits per heavy atom. The molecule has 2 heterocycles. The van der Waals surface area contributed by atoms with Crippen molar-refractivity contribution >= 4 is 23.5 Å². The molecule has 25 heavy (non-hydrogen) atoms. The highest BCUT2D eigenvalue weighted by Crippen LogP contribution is 2.33. The van der Waals surface area contributed by atoms with Crippen LogP contribution in [-0.4, -0.2) is 35.8 Å². The molecule has 0 aliphatic carbocycles. The Hall–Kier alpha value is -2.21. The Labute approximate surface area is 151 Å². The van der Waals surface area contributed by atoms with Crippen LogP contribution in [0, 0.1) is 6.92 Å². The number of ether oxygens (including phenoxy) is 2. The normalized spacial score (nSPS) is 13.5. The van der Waals surface area contributed by atoms with Crippen LogP contribution < -0.4 is 4.74 Å². The van der Waals surface area contributed by atoms with Gasteiger partial charge in [-0.3, -0.25) is 4.79 Å². The third kappa shape index (κ3) is 3.31. The van der Waals surface area contributed by atoms with E-state index in [1.54, 1.807) is 25.8 Å². The Balaban J connectivity index is 2.07. The van der Waals surface area contributed by atoms with Crippen LogP contribution >= 0.6 is 11.8 Å². The number of rotatable bonds is 5. The molecule has 5 nitrogen and oxygen atoms in total. The smallest absolute Gasteiger partial charge is 0.355 e. The van der Waals surface area contributed by atoms with Crippen LogP contribution in [0.25, 0.3) is 0 Å². The summed E-state index contributed by atoms with van der Waals surface area (Å²) in [6.45, 7) is 4.44. The molecule has 3 rings (SSSR count). The van der Waals surface area contributed by atoms with Gasteiger partial charge >= 0.3 is 5.97 Å². The quantitative estimate of drug-likeness (QED) is 0.765. The summed E-state index contributed by atoms with van der Waals surface area (Å²) in [5, 5.41) is 0. The minimum absolute atomic E-state index is 0.0859. The number of benzene rings is 1. The van der Waals surface area contributed by atoms with E-state index in [9.17, 15) is 9.59 Å². The second-order valence-corrected chi connectivity index (χ2v) is 6.85. The lowest BCUT2D eigenvalue weighted by Gasteiger charge is -2.16. The number of ketones is 1. The molecule has 0 spiro atoms. The van der Waals surface area contributed by atoms with Crippen molar-refractivity contribution in [1.29, 1.82) is 0 Å². The molecule has 6 heteroatoms. The van der Waals surface area contributed by atoms with E-state index < -0.39 is 0 Å². The number of hydrogen-bond acceptors (Lipinski definition) is 5. The number of thioether (sulfide) groups is 1. The molecule has 0 saturated heterocycles. The molecule has 0 bridgehead atoms. The van der Waals surface area contributed by atoms with E-state index in [1.165, 1.54) is 0 Å². The van der Waals surface area contributed by atoms with E-state index in [0.29, 0.717) is 30.2 Å². The standard InChI is InChI=1S/C19H21NO4S/c1-4-24-19(22)18-12(2)17-15(10-25-11-16(17)21)20(18)9-13-5-7-14(23-3)8-6-13/h5-8H,4,9-11H2,1-3H3. The number of hydrogen-bond donors (Lipinski definition) is 0. The molecule has 0 saturated carbocycles. The fraction of sp³-hybridized carbons (Fsp3) is 0.368. The molecule has 0 radical (unpaired) electrons. The van der Waals surface area contributed by atoms with Crippen molar-refractivity contribution in [2.45, 2.75) is 26.1 Å². The first-order valence-corrected chi connectivity index (χ1v) is 9.35. The average molecular weight is 359 g/mol. The molecule has 0 amide bonds. The maximum atomic E-state index is 12.5. The zero-order chi connectivity index (χ0) is 18.0. The van der Waals surface area contributed by atoms with Crippen LogP contribution in [0.3, 0.4) is 0 Å². The summed E-state index contributed by atoms with van der Waals surface area (Å²) in [7, 11) is 1.63. The van der Waals surface area contributed by atoms with Gasteiger partial charge in [0.15, 0.2) is 5.78 Å². The number of carbonyl (C=O) groups excluding carboxylic acids is 2. The number of methoxy groups -OCH3 is 1. The number of esters is 1. The molecular weight excluding hydrogens is 338 g/mol. The first-order valence-electron chi connectivity index (χ1n) is 8.19. The molecule has 2 aromatic rings.